The number of nitrogens with one attached hydrogen (secondary N) is 1. The fourth-order valence-corrected chi connectivity index (χ4v) is 4.86. The van der Waals surface area contributed by atoms with Gasteiger partial charge in [0.05, 0.1) is 0 Å². The molecule has 3 unspecified atom stereocenters. The zero-order valence-electron chi connectivity index (χ0n) is 13.7. The minimum Gasteiger partial charge on any atom is -0.317 e. The summed E-state index contributed by atoms with van der Waals surface area (Å²) in [4.78, 5) is 5.49. The summed E-state index contributed by atoms with van der Waals surface area (Å²) in [5.74, 6) is 0.844. The maximum absolute atomic E-state index is 3.59. The van der Waals surface area contributed by atoms with Crippen molar-refractivity contribution in [2.45, 2.75) is 58.0 Å². The normalized spacial score (nSPS) is 38.9. The molecule has 1 saturated carbocycles. The van der Waals surface area contributed by atoms with Crippen LogP contribution in [0.5, 0.6) is 0 Å². The Morgan fingerprint density at radius 2 is 2.00 bits per heavy atom. The van der Waals surface area contributed by atoms with Crippen molar-refractivity contribution in [1.82, 2.24) is 15.1 Å². The molecule has 3 atom stereocenters. The van der Waals surface area contributed by atoms with Crippen LogP contribution in [0.25, 0.3) is 0 Å². The van der Waals surface area contributed by atoms with E-state index in [0.29, 0.717) is 5.41 Å². The van der Waals surface area contributed by atoms with Crippen LogP contribution >= 0.6 is 0 Å². The molecular formula is C17H33N3. The first kappa shape index (κ1) is 14.8. The van der Waals surface area contributed by atoms with E-state index in [1.165, 1.54) is 64.8 Å². The van der Waals surface area contributed by atoms with Gasteiger partial charge in [-0.1, -0.05) is 13.8 Å². The fourth-order valence-electron chi connectivity index (χ4n) is 4.86. The second kappa shape index (κ2) is 5.94. The average Bonchev–Trinajstić information content (AvgIpc) is 2.85. The standard InChI is InChI=1S/C17H33N3/c1-17(2)7-6-16(18-3)14(11-17)12-19-9-10-20-8-4-5-15(20)13-19/h14-16,18H,4-13H2,1-3H3. The van der Waals surface area contributed by atoms with Crippen LogP contribution in [0.2, 0.25) is 0 Å². The Kier molecular flexibility index (Phi) is 4.40. The van der Waals surface area contributed by atoms with Gasteiger partial charge in [0.25, 0.3) is 0 Å². The first-order chi connectivity index (χ1) is 9.57. The summed E-state index contributed by atoms with van der Waals surface area (Å²) in [5.41, 5.74) is 0.549. The molecule has 3 aliphatic rings. The molecule has 0 radical (unpaired) electrons. The molecule has 0 bridgehead atoms. The van der Waals surface area contributed by atoms with Crippen LogP contribution in [0.15, 0.2) is 0 Å². The molecule has 116 valence electrons. The van der Waals surface area contributed by atoms with Crippen LogP contribution in [0.3, 0.4) is 0 Å². The lowest BCUT2D eigenvalue weighted by atomic mass is 9.69. The second-order valence-corrected chi connectivity index (χ2v) is 8.15. The van der Waals surface area contributed by atoms with E-state index < -0.39 is 0 Å². The Morgan fingerprint density at radius 1 is 1.15 bits per heavy atom. The number of piperazine rings is 1. The predicted octanol–water partition coefficient (Wildman–Crippen LogP) is 2.18. The molecule has 3 nitrogen and oxygen atoms in total. The first-order valence-corrected chi connectivity index (χ1v) is 8.71. The molecule has 0 aromatic rings. The molecule has 3 fully saturated rings. The maximum Gasteiger partial charge on any atom is 0.0224 e. The van der Waals surface area contributed by atoms with Gasteiger partial charge in [-0.3, -0.25) is 4.90 Å². The Bertz CT molecular complexity index is 328. The molecule has 0 amide bonds. The zero-order chi connectivity index (χ0) is 14.2. The van der Waals surface area contributed by atoms with Crippen molar-refractivity contribution in [3.63, 3.8) is 0 Å². The van der Waals surface area contributed by atoms with Gasteiger partial charge in [-0.05, 0) is 57.0 Å². The summed E-state index contributed by atoms with van der Waals surface area (Å²) in [6, 6.07) is 1.61. The summed E-state index contributed by atoms with van der Waals surface area (Å²) in [6.45, 7) is 11.5. The lowest BCUT2D eigenvalue weighted by Crippen LogP contribution is -2.54. The van der Waals surface area contributed by atoms with E-state index in [9.17, 15) is 0 Å². The number of hydrogen-bond donors (Lipinski definition) is 1. The van der Waals surface area contributed by atoms with E-state index in [0.717, 1.165) is 18.0 Å². The molecule has 20 heavy (non-hydrogen) atoms. The maximum atomic E-state index is 3.59. The molecule has 2 aliphatic heterocycles. The zero-order valence-corrected chi connectivity index (χ0v) is 13.7. The number of hydrogen-bond acceptors (Lipinski definition) is 3. The van der Waals surface area contributed by atoms with Crippen molar-refractivity contribution in [2.24, 2.45) is 11.3 Å². The SMILES string of the molecule is CNC1CCC(C)(C)CC1CN1CCN2CCCC2C1. The van der Waals surface area contributed by atoms with E-state index in [2.05, 4.69) is 36.0 Å². The van der Waals surface area contributed by atoms with Gasteiger partial charge < -0.3 is 10.2 Å². The van der Waals surface area contributed by atoms with Crippen LogP contribution in [0.4, 0.5) is 0 Å². The number of fused-ring (bicyclic) bond motifs is 1. The van der Waals surface area contributed by atoms with Gasteiger partial charge in [-0.25, -0.2) is 0 Å². The average molecular weight is 279 g/mol. The molecule has 1 N–H and O–H groups in total. The van der Waals surface area contributed by atoms with Gasteiger partial charge in [0.2, 0.25) is 0 Å². The van der Waals surface area contributed by atoms with Crippen molar-refractivity contribution in [3.8, 4) is 0 Å². The molecule has 2 heterocycles. The predicted molar refractivity (Wildman–Crippen MR) is 85.0 cm³/mol. The second-order valence-electron chi connectivity index (χ2n) is 8.15. The highest BCUT2D eigenvalue weighted by Crippen LogP contribution is 2.39. The molecule has 2 saturated heterocycles. The minimum atomic E-state index is 0.549. The topological polar surface area (TPSA) is 18.5 Å². The van der Waals surface area contributed by atoms with Gasteiger partial charge in [0, 0.05) is 38.3 Å². The first-order valence-electron chi connectivity index (χ1n) is 8.71. The lowest BCUT2D eigenvalue weighted by molar-refractivity contribution is 0.0576. The summed E-state index contributed by atoms with van der Waals surface area (Å²) in [7, 11) is 2.16. The Balaban J connectivity index is 1.57. The van der Waals surface area contributed by atoms with Gasteiger partial charge in [0.1, 0.15) is 0 Å². The van der Waals surface area contributed by atoms with Gasteiger partial charge in [-0.2, -0.15) is 0 Å². The molecule has 0 spiro atoms. The molecule has 1 aliphatic carbocycles. The molecule has 0 aromatic carbocycles. The molecular weight excluding hydrogens is 246 g/mol. The highest BCUT2D eigenvalue weighted by atomic mass is 15.3. The Hall–Kier alpha value is -0.120. The van der Waals surface area contributed by atoms with Crippen molar-refractivity contribution >= 4 is 0 Å². The Morgan fingerprint density at radius 3 is 2.80 bits per heavy atom. The smallest absolute Gasteiger partial charge is 0.0224 e. The van der Waals surface area contributed by atoms with E-state index in [1.54, 1.807) is 0 Å². The highest BCUT2D eigenvalue weighted by molar-refractivity contribution is 4.92. The van der Waals surface area contributed by atoms with E-state index in [1.807, 2.05) is 0 Å². The van der Waals surface area contributed by atoms with Crippen molar-refractivity contribution < 1.29 is 0 Å². The van der Waals surface area contributed by atoms with Crippen LogP contribution in [-0.4, -0.2) is 61.7 Å². The Labute approximate surface area is 125 Å². The van der Waals surface area contributed by atoms with Crippen LogP contribution in [-0.2, 0) is 0 Å². The largest absolute Gasteiger partial charge is 0.317 e. The third kappa shape index (κ3) is 3.20. The highest BCUT2D eigenvalue weighted by Gasteiger charge is 2.37. The van der Waals surface area contributed by atoms with Crippen LogP contribution in [0, 0.1) is 11.3 Å². The van der Waals surface area contributed by atoms with Gasteiger partial charge >= 0.3 is 0 Å². The van der Waals surface area contributed by atoms with Crippen molar-refractivity contribution in [1.29, 1.82) is 0 Å². The third-order valence-electron chi connectivity index (χ3n) is 6.05. The molecule has 3 heteroatoms. The number of nitrogens with zero attached hydrogens (tertiary/aromatic N) is 2. The van der Waals surface area contributed by atoms with Gasteiger partial charge in [0.15, 0.2) is 0 Å². The third-order valence-corrected chi connectivity index (χ3v) is 6.05. The molecule has 0 aromatic heterocycles. The van der Waals surface area contributed by atoms with Gasteiger partial charge in [-0.15, -0.1) is 0 Å². The number of rotatable bonds is 3. The molecule has 3 rings (SSSR count). The van der Waals surface area contributed by atoms with E-state index in [-0.39, 0.29) is 0 Å². The fraction of sp³-hybridized carbons (Fsp3) is 1.00. The van der Waals surface area contributed by atoms with Crippen molar-refractivity contribution in [3.05, 3.63) is 0 Å². The summed E-state index contributed by atoms with van der Waals surface area (Å²) < 4.78 is 0. The van der Waals surface area contributed by atoms with Crippen LogP contribution < -0.4 is 5.32 Å². The van der Waals surface area contributed by atoms with E-state index in [4.69, 9.17) is 0 Å². The lowest BCUT2D eigenvalue weighted by Gasteiger charge is -2.45. The summed E-state index contributed by atoms with van der Waals surface area (Å²) >= 11 is 0. The van der Waals surface area contributed by atoms with Crippen molar-refractivity contribution in [2.75, 3.05) is 39.8 Å². The van der Waals surface area contributed by atoms with Crippen LogP contribution in [0.1, 0.15) is 46.0 Å². The monoisotopic (exact) mass is 279 g/mol. The minimum absolute atomic E-state index is 0.549. The van der Waals surface area contributed by atoms with E-state index >= 15 is 0 Å². The summed E-state index contributed by atoms with van der Waals surface area (Å²) in [6.07, 6.45) is 6.99. The quantitative estimate of drug-likeness (QED) is 0.854. The summed E-state index contributed by atoms with van der Waals surface area (Å²) in [5, 5.41) is 3.59.